The van der Waals surface area contributed by atoms with Gasteiger partial charge >= 0.3 is 0 Å². The van der Waals surface area contributed by atoms with Gasteiger partial charge in [0.1, 0.15) is 0 Å². The van der Waals surface area contributed by atoms with Gasteiger partial charge in [-0.2, -0.15) is 0 Å². The zero-order chi connectivity index (χ0) is 17.7. The summed E-state index contributed by atoms with van der Waals surface area (Å²) < 4.78 is 25.2. The summed E-state index contributed by atoms with van der Waals surface area (Å²) in [6.07, 6.45) is 1.08. The minimum absolute atomic E-state index is 0.0636. The molecule has 0 saturated carbocycles. The van der Waals surface area contributed by atoms with Crippen molar-refractivity contribution in [2.75, 3.05) is 23.7 Å². The Kier molecular flexibility index (Phi) is 6.10. The molecule has 2 aromatic rings. The molecule has 0 aliphatic heterocycles. The Labute approximate surface area is 151 Å². The van der Waals surface area contributed by atoms with E-state index < -0.39 is 10.0 Å². The van der Waals surface area contributed by atoms with Crippen LogP contribution in [0.1, 0.15) is 10.4 Å². The molecule has 128 valence electrons. The van der Waals surface area contributed by atoms with E-state index in [1.165, 1.54) is 18.2 Å². The largest absolute Gasteiger partial charge is 0.350 e. The van der Waals surface area contributed by atoms with Gasteiger partial charge in [-0.25, -0.2) is 8.42 Å². The second kappa shape index (κ2) is 7.88. The van der Waals surface area contributed by atoms with E-state index >= 15 is 0 Å². The number of nitrogens with one attached hydrogen (secondary N) is 1. The summed E-state index contributed by atoms with van der Waals surface area (Å²) in [5.41, 5.74) is 0.859. The number of anilines is 1. The highest BCUT2D eigenvalue weighted by molar-refractivity contribution is 7.92. The van der Waals surface area contributed by atoms with Crippen LogP contribution in [0.2, 0.25) is 10.0 Å². The maximum absolute atomic E-state index is 12.0. The number of hydrogen-bond donors (Lipinski definition) is 1. The minimum Gasteiger partial charge on any atom is -0.350 e. The number of nitrogens with zero attached hydrogens (tertiary/aromatic N) is 1. The van der Waals surface area contributed by atoms with E-state index in [1.807, 2.05) is 6.07 Å². The van der Waals surface area contributed by atoms with E-state index in [9.17, 15) is 13.2 Å². The highest BCUT2D eigenvalue weighted by Gasteiger charge is 2.18. The van der Waals surface area contributed by atoms with Gasteiger partial charge in [-0.15, -0.1) is 0 Å². The van der Waals surface area contributed by atoms with E-state index in [4.69, 9.17) is 23.2 Å². The standard InChI is InChI=1S/C16H16Cl2N2O3S/c1-24(22,23)20(15-10-13(17)9-14(18)11-15)8-7-19-16(21)12-5-3-2-4-6-12/h2-6,9-11H,7-8H2,1H3,(H,19,21). The lowest BCUT2D eigenvalue weighted by Crippen LogP contribution is -2.38. The van der Waals surface area contributed by atoms with Crippen molar-refractivity contribution in [2.45, 2.75) is 0 Å². The Morgan fingerprint density at radius 1 is 1.08 bits per heavy atom. The normalized spacial score (nSPS) is 11.1. The van der Waals surface area contributed by atoms with Crippen LogP contribution in [-0.4, -0.2) is 33.7 Å². The number of hydrogen-bond acceptors (Lipinski definition) is 3. The van der Waals surface area contributed by atoms with Crippen molar-refractivity contribution >= 4 is 44.8 Å². The van der Waals surface area contributed by atoms with Crippen LogP contribution in [0.15, 0.2) is 48.5 Å². The fourth-order valence-corrected chi connectivity index (χ4v) is 3.56. The fourth-order valence-electron chi connectivity index (χ4n) is 2.13. The summed E-state index contributed by atoms with van der Waals surface area (Å²) in [5, 5.41) is 3.36. The van der Waals surface area contributed by atoms with Gasteiger partial charge in [-0.3, -0.25) is 9.10 Å². The first kappa shape index (κ1) is 18.6. The zero-order valence-corrected chi connectivity index (χ0v) is 15.2. The number of carbonyl (C=O) groups excluding carboxylic acids is 1. The molecule has 1 amide bonds. The van der Waals surface area contributed by atoms with Crippen LogP contribution in [0.25, 0.3) is 0 Å². The first-order valence-electron chi connectivity index (χ1n) is 7.04. The molecule has 0 fully saturated rings. The predicted octanol–water partition coefficient (Wildman–Crippen LogP) is 3.19. The van der Waals surface area contributed by atoms with Crippen LogP contribution in [0.5, 0.6) is 0 Å². The molecule has 0 unspecified atom stereocenters. The number of halogens is 2. The van der Waals surface area contributed by atoms with Gasteiger partial charge in [0.15, 0.2) is 0 Å². The number of rotatable bonds is 6. The van der Waals surface area contributed by atoms with Crippen molar-refractivity contribution in [3.8, 4) is 0 Å². The van der Waals surface area contributed by atoms with Crippen LogP contribution in [0.3, 0.4) is 0 Å². The van der Waals surface area contributed by atoms with Gasteiger partial charge in [0.2, 0.25) is 10.0 Å². The first-order valence-corrected chi connectivity index (χ1v) is 9.65. The van der Waals surface area contributed by atoms with Gasteiger partial charge in [-0.1, -0.05) is 41.4 Å². The van der Waals surface area contributed by atoms with E-state index in [0.717, 1.165) is 10.6 Å². The van der Waals surface area contributed by atoms with E-state index in [1.54, 1.807) is 24.3 Å². The van der Waals surface area contributed by atoms with Crippen LogP contribution >= 0.6 is 23.2 Å². The number of carbonyl (C=O) groups is 1. The van der Waals surface area contributed by atoms with Gasteiger partial charge in [0.25, 0.3) is 5.91 Å². The highest BCUT2D eigenvalue weighted by atomic mass is 35.5. The molecular formula is C16H16Cl2N2O3S. The Balaban J connectivity index is 2.09. The SMILES string of the molecule is CS(=O)(=O)N(CCNC(=O)c1ccccc1)c1cc(Cl)cc(Cl)c1. The Bertz CT molecular complexity index is 806. The molecule has 1 N–H and O–H groups in total. The van der Waals surface area contributed by atoms with Gasteiger partial charge in [-0.05, 0) is 30.3 Å². The van der Waals surface area contributed by atoms with Gasteiger partial charge in [0.05, 0.1) is 18.5 Å². The quantitative estimate of drug-likeness (QED) is 0.828. The first-order chi connectivity index (χ1) is 11.3. The third-order valence-corrected chi connectivity index (χ3v) is 4.80. The summed E-state index contributed by atoms with van der Waals surface area (Å²) in [6, 6.07) is 13.2. The lowest BCUT2D eigenvalue weighted by Gasteiger charge is -2.23. The Hall–Kier alpha value is -1.76. The molecule has 2 rings (SSSR count). The minimum atomic E-state index is -3.55. The summed E-state index contributed by atoms with van der Waals surface area (Å²) in [4.78, 5) is 12.0. The molecule has 0 saturated heterocycles. The lowest BCUT2D eigenvalue weighted by atomic mass is 10.2. The Morgan fingerprint density at radius 3 is 2.21 bits per heavy atom. The second-order valence-corrected chi connectivity index (χ2v) is 7.86. The van der Waals surface area contributed by atoms with Crippen LogP contribution in [-0.2, 0) is 10.0 Å². The van der Waals surface area contributed by atoms with Crippen molar-refractivity contribution in [2.24, 2.45) is 0 Å². The Morgan fingerprint density at radius 2 is 1.67 bits per heavy atom. The maximum atomic E-state index is 12.0. The summed E-state index contributed by atoms with van der Waals surface area (Å²) in [6.45, 7) is 0.207. The van der Waals surface area contributed by atoms with Crippen molar-refractivity contribution < 1.29 is 13.2 Å². The van der Waals surface area contributed by atoms with E-state index in [0.29, 0.717) is 21.3 Å². The summed E-state index contributed by atoms with van der Waals surface area (Å²) in [7, 11) is -3.55. The van der Waals surface area contributed by atoms with Crippen LogP contribution in [0.4, 0.5) is 5.69 Å². The molecule has 0 aliphatic carbocycles. The molecule has 5 nitrogen and oxygen atoms in total. The van der Waals surface area contributed by atoms with E-state index in [2.05, 4.69) is 5.32 Å². The summed E-state index contributed by atoms with van der Waals surface area (Å²) >= 11 is 11.9. The van der Waals surface area contributed by atoms with Crippen molar-refractivity contribution in [1.29, 1.82) is 0 Å². The molecule has 2 aromatic carbocycles. The van der Waals surface area contributed by atoms with E-state index in [-0.39, 0.29) is 19.0 Å². The number of benzene rings is 2. The molecule has 0 aromatic heterocycles. The molecule has 0 radical (unpaired) electrons. The monoisotopic (exact) mass is 386 g/mol. The molecule has 0 atom stereocenters. The molecule has 24 heavy (non-hydrogen) atoms. The number of sulfonamides is 1. The van der Waals surface area contributed by atoms with Gasteiger partial charge in [0, 0.05) is 22.2 Å². The fraction of sp³-hybridized carbons (Fsp3) is 0.188. The molecule has 0 heterocycles. The average Bonchev–Trinajstić information content (AvgIpc) is 2.50. The molecule has 0 bridgehead atoms. The highest BCUT2D eigenvalue weighted by Crippen LogP contribution is 2.26. The van der Waals surface area contributed by atoms with Gasteiger partial charge < -0.3 is 5.32 Å². The smallest absolute Gasteiger partial charge is 0.251 e. The van der Waals surface area contributed by atoms with Crippen molar-refractivity contribution in [3.63, 3.8) is 0 Å². The molecular weight excluding hydrogens is 371 g/mol. The van der Waals surface area contributed by atoms with Crippen LogP contribution < -0.4 is 9.62 Å². The number of amides is 1. The molecule has 0 spiro atoms. The van der Waals surface area contributed by atoms with Crippen molar-refractivity contribution in [3.05, 3.63) is 64.1 Å². The summed E-state index contributed by atoms with van der Waals surface area (Å²) in [5.74, 6) is -0.270. The molecule has 0 aliphatic rings. The van der Waals surface area contributed by atoms with Crippen molar-refractivity contribution in [1.82, 2.24) is 5.32 Å². The zero-order valence-electron chi connectivity index (χ0n) is 12.9. The third kappa shape index (κ3) is 5.12. The topological polar surface area (TPSA) is 66.5 Å². The molecule has 8 heteroatoms. The van der Waals surface area contributed by atoms with Crippen LogP contribution in [0, 0.1) is 0 Å². The predicted molar refractivity (Wildman–Crippen MR) is 97.4 cm³/mol. The second-order valence-electron chi connectivity index (χ2n) is 5.08. The average molecular weight is 387 g/mol. The lowest BCUT2D eigenvalue weighted by molar-refractivity contribution is 0.0955. The maximum Gasteiger partial charge on any atom is 0.251 e. The third-order valence-electron chi connectivity index (χ3n) is 3.17.